The molecule has 1 N–H and O–H groups in total. The number of carbonyl (C=O) groups excluding carboxylic acids is 1. The zero-order valence-corrected chi connectivity index (χ0v) is 14.1. The van der Waals surface area contributed by atoms with E-state index >= 15 is 0 Å². The van der Waals surface area contributed by atoms with Crippen molar-refractivity contribution in [3.63, 3.8) is 0 Å². The number of aromatic nitrogens is 1. The molecule has 1 saturated heterocycles. The number of carbonyl (C=O) groups is 1. The molecular weight excluding hydrogens is 310 g/mol. The fourth-order valence-electron chi connectivity index (χ4n) is 2.74. The number of pyridine rings is 1. The average Bonchev–Trinajstić information content (AvgIpc) is 3.03. The summed E-state index contributed by atoms with van der Waals surface area (Å²) in [6.45, 7) is 6.15. The Labute approximate surface area is 140 Å². The van der Waals surface area contributed by atoms with Crippen molar-refractivity contribution >= 4 is 17.2 Å². The van der Waals surface area contributed by atoms with Crippen molar-refractivity contribution in [1.29, 1.82) is 0 Å². The van der Waals surface area contributed by atoms with Crippen LogP contribution in [0.5, 0.6) is 5.75 Å². The number of piperazine rings is 1. The molecule has 23 heavy (non-hydrogen) atoms. The molecule has 0 aliphatic carbocycles. The Hall–Kier alpha value is -1.92. The van der Waals surface area contributed by atoms with Gasteiger partial charge in [0.1, 0.15) is 5.75 Å². The van der Waals surface area contributed by atoms with Gasteiger partial charge in [0, 0.05) is 48.7 Å². The molecule has 0 unspecified atom stereocenters. The predicted molar refractivity (Wildman–Crippen MR) is 90.8 cm³/mol. The van der Waals surface area contributed by atoms with Gasteiger partial charge in [-0.05, 0) is 30.7 Å². The minimum Gasteiger partial charge on any atom is -0.505 e. The van der Waals surface area contributed by atoms with Crippen LogP contribution >= 0.6 is 11.3 Å². The molecule has 0 aromatic carbocycles. The van der Waals surface area contributed by atoms with E-state index in [9.17, 15) is 9.90 Å². The molecule has 5 nitrogen and oxygen atoms in total. The quantitative estimate of drug-likeness (QED) is 0.934. The summed E-state index contributed by atoms with van der Waals surface area (Å²) in [6.07, 6.45) is 2.62. The highest BCUT2D eigenvalue weighted by molar-refractivity contribution is 7.11. The number of amides is 1. The monoisotopic (exact) mass is 331 g/mol. The predicted octanol–water partition coefficient (Wildman–Crippen LogP) is 2.37. The van der Waals surface area contributed by atoms with Crippen molar-refractivity contribution < 1.29 is 9.90 Å². The van der Waals surface area contributed by atoms with Crippen LogP contribution in [0, 0.1) is 0 Å². The zero-order valence-electron chi connectivity index (χ0n) is 13.2. The highest BCUT2D eigenvalue weighted by Gasteiger charge is 2.24. The minimum atomic E-state index is -0.188. The number of hydrogen-bond acceptors (Lipinski definition) is 5. The van der Waals surface area contributed by atoms with Gasteiger partial charge < -0.3 is 10.0 Å². The zero-order chi connectivity index (χ0) is 16.2. The van der Waals surface area contributed by atoms with Crippen LogP contribution < -0.4 is 0 Å². The number of hydrogen-bond donors (Lipinski definition) is 1. The third kappa shape index (κ3) is 3.71. The summed E-state index contributed by atoms with van der Waals surface area (Å²) in [6, 6.07) is 7.52. The molecule has 3 rings (SSSR count). The lowest BCUT2D eigenvalue weighted by Gasteiger charge is -2.34. The fraction of sp³-hybridized carbons (Fsp3) is 0.412. The fourth-order valence-corrected chi connectivity index (χ4v) is 3.74. The average molecular weight is 331 g/mol. The van der Waals surface area contributed by atoms with Crippen molar-refractivity contribution in [2.24, 2.45) is 0 Å². The first-order valence-corrected chi connectivity index (χ1v) is 8.72. The lowest BCUT2D eigenvalue weighted by molar-refractivity contribution is 0.0620. The van der Waals surface area contributed by atoms with E-state index in [1.807, 2.05) is 11.3 Å². The number of aryl methyl sites for hydroxylation is 1. The Morgan fingerprint density at radius 2 is 1.96 bits per heavy atom. The number of rotatable bonds is 4. The summed E-state index contributed by atoms with van der Waals surface area (Å²) >= 11 is 1.87. The first-order chi connectivity index (χ1) is 11.2. The Morgan fingerprint density at radius 1 is 1.22 bits per heavy atom. The molecule has 2 aromatic rings. The molecule has 0 saturated carbocycles. The molecule has 0 spiro atoms. The van der Waals surface area contributed by atoms with Gasteiger partial charge in [-0.3, -0.25) is 9.69 Å². The summed E-state index contributed by atoms with van der Waals surface area (Å²) < 4.78 is 0. The molecular formula is C17H21N3O2S. The summed E-state index contributed by atoms with van der Waals surface area (Å²) in [5.41, 5.74) is 0.145. The van der Waals surface area contributed by atoms with E-state index in [0.717, 1.165) is 26.1 Å². The summed E-state index contributed by atoms with van der Waals surface area (Å²) in [5, 5.41) is 9.77. The second-order valence-electron chi connectivity index (χ2n) is 5.66. The van der Waals surface area contributed by atoms with Crippen LogP contribution in [0.4, 0.5) is 0 Å². The third-order valence-corrected chi connectivity index (χ3v) is 5.31. The maximum atomic E-state index is 12.4. The SMILES string of the molecule is CCc1ccc(CN2CCN(C(=O)c3ncccc3O)CC2)s1. The van der Waals surface area contributed by atoms with Gasteiger partial charge in [-0.25, -0.2) is 4.98 Å². The van der Waals surface area contributed by atoms with E-state index in [1.165, 1.54) is 22.0 Å². The summed E-state index contributed by atoms with van der Waals surface area (Å²) in [4.78, 5) is 23.3. The Bertz CT molecular complexity index is 678. The highest BCUT2D eigenvalue weighted by atomic mass is 32.1. The topological polar surface area (TPSA) is 56.7 Å². The lowest BCUT2D eigenvalue weighted by Crippen LogP contribution is -2.48. The Morgan fingerprint density at radius 3 is 2.61 bits per heavy atom. The molecule has 0 radical (unpaired) electrons. The summed E-state index contributed by atoms with van der Waals surface area (Å²) in [5.74, 6) is -0.238. The molecule has 0 bridgehead atoms. The van der Waals surface area contributed by atoms with Crippen LogP contribution in [-0.4, -0.2) is 52.0 Å². The largest absolute Gasteiger partial charge is 0.505 e. The van der Waals surface area contributed by atoms with Gasteiger partial charge in [0.15, 0.2) is 5.69 Å². The van der Waals surface area contributed by atoms with E-state index < -0.39 is 0 Å². The van der Waals surface area contributed by atoms with Crippen LogP contribution in [0.3, 0.4) is 0 Å². The molecule has 1 aliphatic rings. The molecule has 1 amide bonds. The van der Waals surface area contributed by atoms with E-state index in [4.69, 9.17) is 0 Å². The van der Waals surface area contributed by atoms with Crippen molar-refractivity contribution in [1.82, 2.24) is 14.8 Å². The van der Waals surface area contributed by atoms with Gasteiger partial charge in [0.25, 0.3) is 5.91 Å². The molecule has 0 atom stereocenters. The van der Waals surface area contributed by atoms with Crippen LogP contribution in [0.25, 0.3) is 0 Å². The lowest BCUT2D eigenvalue weighted by atomic mass is 10.2. The second kappa shape index (κ2) is 7.10. The van der Waals surface area contributed by atoms with Crippen LogP contribution in [-0.2, 0) is 13.0 Å². The molecule has 122 valence electrons. The van der Waals surface area contributed by atoms with Crippen molar-refractivity contribution in [2.45, 2.75) is 19.9 Å². The Balaban J connectivity index is 1.56. The second-order valence-corrected chi connectivity index (χ2v) is 6.91. The van der Waals surface area contributed by atoms with Crippen molar-refractivity contribution in [2.75, 3.05) is 26.2 Å². The van der Waals surface area contributed by atoms with E-state index in [-0.39, 0.29) is 17.4 Å². The van der Waals surface area contributed by atoms with Gasteiger partial charge >= 0.3 is 0 Å². The molecule has 6 heteroatoms. The van der Waals surface area contributed by atoms with Crippen LogP contribution in [0.15, 0.2) is 30.5 Å². The van der Waals surface area contributed by atoms with Gasteiger partial charge in [-0.2, -0.15) is 0 Å². The number of nitrogens with zero attached hydrogens (tertiary/aromatic N) is 3. The van der Waals surface area contributed by atoms with E-state index in [2.05, 4.69) is 28.9 Å². The maximum absolute atomic E-state index is 12.4. The minimum absolute atomic E-state index is 0.0504. The van der Waals surface area contributed by atoms with Gasteiger partial charge in [-0.1, -0.05) is 6.92 Å². The maximum Gasteiger partial charge on any atom is 0.276 e. The normalized spacial score (nSPS) is 15.8. The third-order valence-electron chi connectivity index (χ3n) is 4.09. The number of thiophene rings is 1. The summed E-state index contributed by atoms with van der Waals surface area (Å²) in [7, 11) is 0. The Kier molecular flexibility index (Phi) is 4.93. The highest BCUT2D eigenvalue weighted by Crippen LogP contribution is 2.20. The smallest absolute Gasteiger partial charge is 0.276 e. The molecule has 1 aliphatic heterocycles. The standard InChI is InChI=1S/C17H21N3O2S/c1-2-13-5-6-14(23-13)12-19-8-10-20(11-9-19)17(22)16-15(21)4-3-7-18-16/h3-7,21H,2,8-12H2,1H3. The first-order valence-electron chi connectivity index (χ1n) is 7.90. The van der Waals surface area contributed by atoms with Crippen LogP contribution in [0.2, 0.25) is 0 Å². The van der Waals surface area contributed by atoms with Crippen LogP contribution in [0.1, 0.15) is 27.2 Å². The molecule has 2 aromatic heterocycles. The van der Waals surface area contributed by atoms with Crippen molar-refractivity contribution in [3.8, 4) is 5.75 Å². The van der Waals surface area contributed by atoms with Gasteiger partial charge in [0.2, 0.25) is 0 Å². The van der Waals surface area contributed by atoms with Gasteiger partial charge in [-0.15, -0.1) is 11.3 Å². The van der Waals surface area contributed by atoms with Gasteiger partial charge in [0.05, 0.1) is 0 Å². The molecule has 3 heterocycles. The molecule has 1 fully saturated rings. The first kappa shape index (κ1) is 16.0. The van der Waals surface area contributed by atoms with E-state index in [1.54, 1.807) is 11.0 Å². The van der Waals surface area contributed by atoms with Crippen molar-refractivity contribution in [3.05, 3.63) is 45.9 Å². The van der Waals surface area contributed by atoms with E-state index in [0.29, 0.717) is 13.1 Å². The number of aromatic hydroxyl groups is 1.